The van der Waals surface area contributed by atoms with E-state index in [0.29, 0.717) is 12.2 Å². The van der Waals surface area contributed by atoms with Gasteiger partial charge < -0.3 is 5.32 Å². The first-order valence-corrected chi connectivity index (χ1v) is 9.94. The second kappa shape index (κ2) is 8.46. The zero-order chi connectivity index (χ0) is 20.2. The lowest BCUT2D eigenvalue weighted by atomic mass is 10.1. The SMILES string of the molecule is CN(Cc1ccc2ccccc2c1)Cc1nnc(C(=O)Nc2ccc(F)cc2)s1. The van der Waals surface area contributed by atoms with Crippen molar-refractivity contribution >= 4 is 33.7 Å². The highest BCUT2D eigenvalue weighted by molar-refractivity contribution is 7.13. The number of hydrogen-bond acceptors (Lipinski definition) is 5. The molecule has 0 saturated carbocycles. The number of carbonyl (C=O) groups is 1. The molecule has 4 rings (SSSR count). The third-order valence-corrected chi connectivity index (χ3v) is 5.34. The standard InChI is InChI=1S/C22H19FN4OS/c1-27(13-15-6-7-16-4-2-3-5-17(16)12-15)14-20-25-26-22(29-20)21(28)24-19-10-8-18(23)9-11-19/h2-12H,13-14H2,1H3,(H,24,28). The molecule has 0 spiro atoms. The van der Waals surface area contributed by atoms with Crippen LogP contribution in [0, 0.1) is 5.82 Å². The number of anilines is 1. The van der Waals surface area contributed by atoms with Crippen molar-refractivity contribution in [1.29, 1.82) is 0 Å². The van der Waals surface area contributed by atoms with Crippen molar-refractivity contribution in [2.24, 2.45) is 0 Å². The Hall–Kier alpha value is -3.16. The van der Waals surface area contributed by atoms with Crippen LogP contribution in [0.5, 0.6) is 0 Å². The van der Waals surface area contributed by atoms with Crippen LogP contribution in [-0.2, 0) is 13.1 Å². The maximum absolute atomic E-state index is 13.0. The molecule has 1 N–H and O–H groups in total. The van der Waals surface area contributed by atoms with Crippen LogP contribution >= 0.6 is 11.3 Å². The predicted octanol–water partition coefficient (Wildman–Crippen LogP) is 4.71. The van der Waals surface area contributed by atoms with Crippen LogP contribution in [0.15, 0.2) is 66.7 Å². The zero-order valence-corrected chi connectivity index (χ0v) is 16.6. The molecular formula is C22H19FN4OS. The maximum Gasteiger partial charge on any atom is 0.286 e. The van der Waals surface area contributed by atoms with Gasteiger partial charge in [-0.15, -0.1) is 10.2 Å². The van der Waals surface area contributed by atoms with E-state index in [1.165, 1.54) is 51.9 Å². The van der Waals surface area contributed by atoms with Crippen molar-refractivity contribution in [3.05, 3.63) is 88.1 Å². The van der Waals surface area contributed by atoms with Gasteiger partial charge in [0, 0.05) is 12.2 Å². The summed E-state index contributed by atoms with van der Waals surface area (Å²) < 4.78 is 13.0. The normalized spacial score (nSPS) is 11.1. The van der Waals surface area contributed by atoms with Gasteiger partial charge >= 0.3 is 0 Å². The van der Waals surface area contributed by atoms with E-state index in [9.17, 15) is 9.18 Å². The largest absolute Gasteiger partial charge is 0.320 e. The highest BCUT2D eigenvalue weighted by Gasteiger charge is 2.14. The number of carbonyl (C=O) groups excluding carboxylic acids is 1. The van der Waals surface area contributed by atoms with E-state index in [0.717, 1.165) is 11.6 Å². The molecule has 5 nitrogen and oxygen atoms in total. The predicted molar refractivity (Wildman–Crippen MR) is 113 cm³/mol. The van der Waals surface area contributed by atoms with E-state index in [2.05, 4.69) is 50.7 Å². The van der Waals surface area contributed by atoms with Crippen LogP contribution in [0.4, 0.5) is 10.1 Å². The van der Waals surface area contributed by atoms with Crippen molar-refractivity contribution in [2.45, 2.75) is 13.1 Å². The minimum atomic E-state index is -0.351. The fourth-order valence-electron chi connectivity index (χ4n) is 3.06. The van der Waals surface area contributed by atoms with Gasteiger partial charge in [-0.05, 0) is 53.7 Å². The molecule has 0 radical (unpaired) electrons. The van der Waals surface area contributed by atoms with Crippen LogP contribution in [0.3, 0.4) is 0 Å². The van der Waals surface area contributed by atoms with Crippen LogP contribution in [0.2, 0.25) is 0 Å². The summed E-state index contributed by atoms with van der Waals surface area (Å²) in [7, 11) is 2.01. The quantitative estimate of drug-likeness (QED) is 0.504. The molecule has 29 heavy (non-hydrogen) atoms. The summed E-state index contributed by atoms with van der Waals surface area (Å²) in [6, 6.07) is 20.3. The van der Waals surface area contributed by atoms with Crippen molar-refractivity contribution in [3.63, 3.8) is 0 Å². The summed E-state index contributed by atoms with van der Waals surface area (Å²) in [4.78, 5) is 14.4. The minimum Gasteiger partial charge on any atom is -0.320 e. The Morgan fingerprint density at radius 1 is 1.00 bits per heavy atom. The molecule has 0 saturated heterocycles. The fraction of sp³-hybridized carbons (Fsp3) is 0.136. The number of rotatable bonds is 6. The molecule has 0 unspecified atom stereocenters. The van der Waals surface area contributed by atoms with E-state index in [1.54, 1.807) is 0 Å². The highest BCUT2D eigenvalue weighted by atomic mass is 32.1. The Morgan fingerprint density at radius 3 is 2.55 bits per heavy atom. The Morgan fingerprint density at radius 2 is 1.76 bits per heavy atom. The highest BCUT2D eigenvalue weighted by Crippen LogP contribution is 2.19. The number of fused-ring (bicyclic) bond motifs is 1. The van der Waals surface area contributed by atoms with Crippen molar-refractivity contribution < 1.29 is 9.18 Å². The Bertz CT molecular complexity index is 1140. The molecule has 1 heterocycles. The molecule has 0 aliphatic carbocycles. The lowest BCUT2D eigenvalue weighted by Crippen LogP contribution is -2.17. The molecule has 4 aromatic rings. The van der Waals surface area contributed by atoms with E-state index >= 15 is 0 Å². The van der Waals surface area contributed by atoms with E-state index < -0.39 is 0 Å². The first-order chi connectivity index (χ1) is 14.1. The molecule has 3 aromatic carbocycles. The van der Waals surface area contributed by atoms with E-state index in [4.69, 9.17) is 0 Å². The average Bonchev–Trinajstić information content (AvgIpc) is 3.18. The number of amides is 1. The van der Waals surface area contributed by atoms with Crippen molar-refractivity contribution in [1.82, 2.24) is 15.1 Å². The summed E-state index contributed by atoms with van der Waals surface area (Å²) >= 11 is 1.25. The van der Waals surface area contributed by atoms with Crippen molar-refractivity contribution in [2.75, 3.05) is 12.4 Å². The first-order valence-electron chi connectivity index (χ1n) is 9.12. The maximum atomic E-state index is 13.0. The lowest BCUT2D eigenvalue weighted by molar-refractivity contribution is 0.102. The van der Waals surface area contributed by atoms with Crippen LogP contribution < -0.4 is 5.32 Å². The van der Waals surface area contributed by atoms with Gasteiger partial charge in [0.15, 0.2) is 0 Å². The molecule has 0 atom stereocenters. The molecule has 1 aromatic heterocycles. The summed E-state index contributed by atoms with van der Waals surface area (Å²) in [5, 5.41) is 14.3. The minimum absolute atomic E-state index is 0.281. The Balaban J connectivity index is 1.37. The number of halogens is 1. The van der Waals surface area contributed by atoms with Gasteiger partial charge in [0.2, 0.25) is 5.01 Å². The van der Waals surface area contributed by atoms with Gasteiger partial charge in [0.25, 0.3) is 5.91 Å². The van der Waals surface area contributed by atoms with Gasteiger partial charge in [-0.25, -0.2) is 4.39 Å². The van der Waals surface area contributed by atoms with E-state index in [-0.39, 0.29) is 16.7 Å². The van der Waals surface area contributed by atoms with E-state index in [1.807, 2.05) is 19.2 Å². The summed E-state index contributed by atoms with van der Waals surface area (Å²) in [6.45, 7) is 1.36. The molecule has 7 heteroatoms. The average molecular weight is 406 g/mol. The van der Waals surface area contributed by atoms with Gasteiger partial charge in [-0.2, -0.15) is 0 Å². The third kappa shape index (κ3) is 4.82. The van der Waals surface area contributed by atoms with Crippen LogP contribution in [0.1, 0.15) is 20.4 Å². The second-order valence-corrected chi connectivity index (χ2v) is 7.88. The van der Waals surface area contributed by atoms with Crippen molar-refractivity contribution in [3.8, 4) is 0 Å². The molecule has 0 bridgehead atoms. The number of nitrogens with zero attached hydrogens (tertiary/aromatic N) is 3. The fourth-order valence-corrected chi connectivity index (χ4v) is 3.88. The molecule has 146 valence electrons. The lowest BCUT2D eigenvalue weighted by Gasteiger charge is -2.15. The number of nitrogens with one attached hydrogen (secondary N) is 1. The topological polar surface area (TPSA) is 58.1 Å². The van der Waals surface area contributed by atoms with Gasteiger partial charge in [0.05, 0.1) is 6.54 Å². The van der Waals surface area contributed by atoms with Crippen LogP contribution in [-0.4, -0.2) is 28.1 Å². The molecular weight excluding hydrogens is 387 g/mol. The molecule has 0 fully saturated rings. The first kappa shape index (κ1) is 19.2. The molecule has 0 aliphatic rings. The smallest absolute Gasteiger partial charge is 0.286 e. The number of hydrogen-bond donors (Lipinski definition) is 1. The third-order valence-electron chi connectivity index (χ3n) is 4.43. The van der Waals surface area contributed by atoms with Crippen LogP contribution in [0.25, 0.3) is 10.8 Å². The summed E-state index contributed by atoms with van der Waals surface area (Å²) in [5.74, 6) is -0.701. The molecule has 0 aliphatic heterocycles. The van der Waals surface area contributed by atoms with Gasteiger partial charge in [-0.3, -0.25) is 9.69 Å². The van der Waals surface area contributed by atoms with Gasteiger partial charge in [0.1, 0.15) is 10.8 Å². The Labute approximate surface area is 171 Å². The summed E-state index contributed by atoms with van der Waals surface area (Å²) in [6.07, 6.45) is 0. The number of aromatic nitrogens is 2. The Kier molecular flexibility index (Phi) is 5.59. The molecule has 1 amide bonds. The number of benzene rings is 3. The zero-order valence-electron chi connectivity index (χ0n) is 15.8. The summed E-state index contributed by atoms with van der Waals surface area (Å²) in [5.41, 5.74) is 1.73. The monoisotopic (exact) mass is 406 g/mol. The second-order valence-electron chi connectivity index (χ2n) is 6.82. The van der Waals surface area contributed by atoms with Gasteiger partial charge in [-0.1, -0.05) is 47.7 Å².